The van der Waals surface area contributed by atoms with Gasteiger partial charge >= 0.3 is 5.69 Å². The second-order valence-corrected chi connectivity index (χ2v) is 4.47. The van der Waals surface area contributed by atoms with Gasteiger partial charge in [-0.1, -0.05) is 19.3 Å². The molecule has 0 amide bonds. The van der Waals surface area contributed by atoms with E-state index in [0.717, 1.165) is 12.8 Å². The lowest BCUT2D eigenvalue weighted by molar-refractivity contribution is 0.304. The molecular weight excluding hydrogens is 206 g/mol. The van der Waals surface area contributed by atoms with Gasteiger partial charge in [-0.3, -0.25) is 9.78 Å². The molecule has 5 nitrogen and oxygen atoms in total. The zero-order valence-corrected chi connectivity index (χ0v) is 9.16. The molecule has 0 radical (unpaired) electrons. The fraction of sp³-hybridized carbons (Fsp3) is 0.636. The average molecular weight is 223 g/mol. The van der Waals surface area contributed by atoms with Gasteiger partial charge < -0.3 is 10.7 Å². The standard InChI is InChI=1S/C11H17N3O2/c12-10(7-4-2-1-3-5-7)8-6-9(15)14-11(16)13-8/h6-7,10H,1-5,12H2,(H2,13,14,15,16). The van der Waals surface area contributed by atoms with Crippen LogP contribution in [-0.4, -0.2) is 9.97 Å². The van der Waals surface area contributed by atoms with Crippen LogP contribution in [0.25, 0.3) is 0 Å². The van der Waals surface area contributed by atoms with Crippen molar-refractivity contribution in [2.24, 2.45) is 11.7 Å². The van der Waals surface area contributed by atoms with E-state index in [0.29, 0.717) is 11.6 Å². The van der Waals surface area contributed by atoms with Gasteiger partial charge in [-0.05, 0) is 18.8 Å². The van der Waals surface area contributed by atoms with Crippen molar-refractivity contribution >= 4 is 0 Å². The van der Waals surface area contributed by atoms with Crippen molar-refractivity contribution in [3.05, 3.63) is 32.6 Å². The first-order chi connectivity index (χ1) is 7.66. The van der Waals surface area contributed by atoms with Crippen LogP contribution in [0.5, 0.6) is 0 Å². The Balaban J connectivity index is 2.22. The zero-order chi connectivity index (χ0) is 11.5. The Bertz CT molecular complexity index is 429. The zero-order valence-electron chi connectivity index (χ0n) is 9.16. The second kappa shape index (κ2) is 4.65. The molecule has 5 heteroatoms. The monoisotopic (exact) mass is 223 g/mol. The molecule has 1 saturated carbocycles. The molecule has 1 unspecified atom stereocenters. The summed E-state index contributed by atoms with van der Waals surface area (Å²) in [6.45, 7) is 0. The Kier molecular flexibility index (Phi) is 3.24. The summed E-state index contributed by atoms with van der Waals surface area (Å²) in [5.41, 5.74) is 5.78. The van der Waals surface area contributed by atoms with E-state index < -0.39 is 5.69 Å². The molecule has 0 saturated heterocycles. The number of aromatic amines is 2. The number of hydrogen-bond acceptors (Lipinski definition) is 3. The SMILES string of the molecule is NC(c1cc(=O)[nH]c(=O)[nH]1)C1CCCCC1. The van der Waals surface area contributed by atoms with E-state index >= 15 is 0 Å². The molecule has 1 aliphatic rings. The Morgan fingerprint density at radius 3 is 2.50 bits per heavy atom. The van der Waals surface area contributed by atoms with Crippen molar-refractivity contribution in [2.45, 2.75) is 38.1 Å². The molecule has 0 bridgehead atoms. The van der Waals surface area contributed by atoms with Crippen molar-refractivity contribution in [3.63, 3.8) is 0 Å². The van der Waals surface area contributed by atoms with Gasteiger partial charge in [0.15, 0.2) is 0 Å². The predicted octanol–water partition coefficient (Wildman–Crippen LogP) is 0.643. The highest BCUT2D eigenvalue weighted by atomic mass is 16.2. The van der Waals surface area contributed by atoms with E-state index in [4.69, 9.17) is 5.73 Å². The summed E-state index contributed by atoms with van der Waals surface area (Å²) < 4.78 is 0. The van der Waals surface area contributed by atoms with Crippen LogP contribution in [0.4, 0.5) is 0 Å². The van der Waals surface area contributed by atoms with E-state index in [1.165, 1.54) is 25.3 Å². The molecule has 1 fully saturated rings. The lowest BCUT2D eigenvalue weighted by Crippen LogP contribution is -2.30. The fourth-order valence-electron chi connectivity index (χ4n) is 2.41. The predicted molar refractivity (Wildman–Crippen MR) is 61.2 cm³/mol. The van der Waals surface area contributed by atoms with Crippen molar-refractivity contribution in [1.82, 2.24) is 9.97 Å². The van der Waals surface area contributed by atoms with Crippen molar-refractivity contribution in [3.8, 4) is 0 Å². The number of nitrogens with two attached hydrogens (primary N) is 1. The van der Waals surface area contributed by atoms with Crippen LogP contribution in [0.15, 0.2) is 15.7 Å². The van der Waals surface area contributed by atoms with Gasteiger partial charge in [-0.2, -0.15) is 0 Å². The van der Waals surface area contributed by atoms with E-state index in [9.17, 15) is 9.59 Å². The lowest BCUT2D eigenvalue weighted by Gasteiger charge is -2.27. The summed E-state index contributed by atoms with van der Waals surface area (Å²) in [5, 5.41) is 0. The van der Waals surface area contributed by atoms with Gasteiger partial charge in [-0.15, -0.1) is 0 Å². The molecule has 88 valence electrons. The van der Waals surface area contributed by atoms with Gasteiger partial charge in [0.2, 0.25) is 0 Å². The third-order valence-corrected chi connectivity index (χ3v) is 3.30. The first kappa shape index (κ1) is 11.1. The largest absolute Gasteiger partial charge is 0.325 e. The summed E-state index contributed by atoms with van der Waals surface area (Å²) in [4.78, 5) is 27.1. The van der Waals surface area contributed by atoms with Crippen molar-refractivity contribution in [1.29, 1.82) is 0 Å². The molecular formula is C11H17N3O2. The van der Waals surface area contributed by atoms with Crippen molar-refractivity contribution < 1.29 is 0 Å². The second-order valence-electron chi connectivity index (χ2n) is 4.47. The number of hydrogen-bond donors (Lipinski definition) is 3. The minimum absolute atomic E-state index is 0.227. The Hall–Kier alpha value is -1.36. The lowest BCUT2D eigenvalue weighted by atomic mass is 9.83. The third kappa shape index (κ3) is 2.41. The number of H-pyrrole nitrogens is 2. The van der Waals surface area contributed by atoms with Gasteiger partial charge in [0.05, 0.1) is 0 Å². The van der Waals surface area contributed by atoms with E-state index in [2.05, 4.69) is 9.97 Å². The molecule has 1 heterocycles. The van der Waals surface area contributed by atoms with Crippen LogP contribution >= 0.6 is 0 Å². The summed E-state index contributed by atoms with van der Waals surface area (Å²) >= 11 is 0. The van der Waals surface area contributed by atoms with Crippen LogP contribution in [0.3, 0.4) is 0 Å². The molecule has 2 rings (SSSR count). The van der Waals surface area contributed by atoms with Crippen LogP contribution in [0.1, 0.15) is 43.8 Å². The van der Waals surface area contributed by atoms with Crippen LogP contribution in [0.2, 0.25) is 0 Å². The van der Waals surface area contributed by atoms with Crippen molar-refractivity contribution in [2.75, 3.05) is 0 Å². The van der Waals surface area contributed by atoms with Gasteiger partial charge in [0.25, 0.3) is 5.56 Å². The minimum Gasteiger partial charge on any atom is -0.322 e. The molecule has 1 aromatic heterocycles. The highest BCUT2D eigenvalue weighted by Gasteiger charge is 2.22. The number of nitrogens with one attached hydrogen (secondary N) is 2. The smallest absolute Gasteiger partial charge is 0.322 e. The molecule has 0 aliphatic heterocycles. The van der Waals surface area contributed by atoms with Gasteiger partial charge in [0.1, 0.15) is 0 Å². The minimum atomic E-state index is -0.478. The van der Waals surface area contributed by atoms with Gasteiger partial charge in [-0.25, -0.2) is 4.79 Å². The Labute approximate surface area is 93.1 Å². The van der Waals surface area contributed by atoms with Gasteiger partial charge in [0, 0.05) is 17.8 Å². The molecule has 0 spiro atoms. The molecule has 16 heavy (non-hydrogen) atoms. The summed E-state index contributed by atoms with van der Waals surface area (Å²) in [7, 11) is 0. The normalized spacial score (nSPS) is 19.6. The van der Waals surface area contributed by atoms with Crippen LogP contribution in [-0.2, 0) is 0 Å². The third-order valence-electron chi connectivity index (χ3n) is 3.30. The first-order valence-corrected chi connectivity index (χ1v) is 5.76. The summed E-state index contributed by atoms with van der Waals surface area (Å²) in [6.07, 6.45) is 5.79. The molecule has 1 atom stereocenters. The number of rotatable bonds is 2. The summed E-state index contributed by atoms with van der Waals surface area (Å²) in [6, 6.07) is 1.16. The Morgan fingerprint density at radius 1 is 1.19 bits per heavy atom. The van der Waals surface area contributed by atoms with E-state index in [1.54, 1.807) is 0 Å². The van der Waals surface area contributed by atoms with Crippen LogP contribution < -0.4 is 17.0 Å². The quantitative estimate of drug-likeness (QED) is 0.687. The fourth-order valence-corrected chi connectivity index (χ4v) is 2.41. The maximum atomic E-state index is 11.2. The molecule has 1 aliphatic carbocycles. The van der Waals surface area contributed by atoms with E-state index in [-0.39, 0.29) is 11.6 Å². The molecule has 4 N–H and O–H groups in total. The highest BCUT2D eigenvalue weighted by molar-refractivity contribution is 5.06. The maximum Gasteiger partial charge on any atom is 0.325 e. The van der Waals surface area contributed by atoms with Crippen LogP contribution in [0, 0.1) is 5.92 Å². The topological polar surface area (TPSA) is 91.7 Å². The average Bonchev–Trinajstić information content (AvgIpc) is 2.28. The maximum absolute atomic E-state index is 11.2. The Morgan fingerprint density at radius 2 is 1.88 bits per heavy atom. The molecule has 1 aromatic rings. The first-order valence-electron chi connectivity index (χ1n) is 5.76. The molecule has 0 aromatic carbocycles. The number of aromatic nitrogens is 2. The van der Waals surface area contributed by atoms with E-state index in [1.807, 2.05) is 0 Å². The summed E-state index contributed by atoms with van der Waals surface area (Å²) in [5.74, 6) is 0.381. The highest BCUT2D eigenvalue weighted by Crippen LogP contribution is 2.31.